The summed E-state index contributed by atoms with van der Waals surface area (Å²) < 4.78 is 5.07. The lowest BCUT2D eigenvalue weighted by molar-refractivity contribution is -0.119. The van der Waals surface area contributed by atoms with Crippen molar-refractivity contribution in [1.82, 2.24) is 0 Å². The van der Waals surface area contributed by atoms with Gasteiger partial charge in [-0.25, -0.2) is 0 Å². The average molecular weight is 248 g/mol. The van der Waals surface area contributed by atoms with Gasteiger partial charge in [-0.05, 0) is 49.1 Å². The van der Waals surface area contributed by atoms with E-state index in [-0.39, 0.29) is 11.3 Å². The summed E-state index contributed by atoms with van der Waals surface area (Å²) in [6.45, 7) is 0.600. The molecule has 0 bridgehead atoms. The van der Waals surface area contributed by atoms with Crippen LogP contribution in [-0.4, -0.2) is 19.6 Å². The molecule has 1 aromatic rings. The number of benzene rings is 1. The van der Waals surface area contributed by atoms with Crippen molar-refractivity contribution in [2.75, 3.05) is 19.0 Å². The van der Waals surface area contributed by atoms with Gasteiger partial charge < -0.3 is 15.8 Å². The Labute approximate surface area is 108 Å². The van der Waals surface area contributed by atoms with E-state index in [1.54, 1.807) is 7.11 Å². The summed E-state index contributed by atoms with van der Waals surface area (Å²) in [7, 11) is 1.62. The van der Waals surface area contributed by atoms with E-state index in [2.05, 4.69) is 5.32 Å². The molecule has 1 aliphatic carbocycles. The number of anilines is 1. The van der Waals surface area contributed by atoms with Gasteiger partial charge in [-0.3, -0.25) is 4.79 Å². The summed E-state index contributed by atoms with van der Waals surface area (Å²) in [5.74, 6) is 0.829. The topological polar surface area (TPSA) is 64.3 Å². The van der Waals surface area contributed by atoms with Crippen molar-refractivity contribution in [3.8, 4) is 5.75 Å². The van der Waals surface area contributed by atoms with Gasteiger partial charge in [-0.1, -0.05) is 6.42 Å². The molecular formula is C14H20N2O2. The molecule has 98 valence electrons. The molecular weight excluding hydrogens is 228 g/mol. The van der Waals surface area contributed by atoms with E-state index >= 15 is 0 Å². The highest BCUT2D eigenvalue weighted by atomic mass is 16.5. The molecule has 0 aliphatic heterocycles. The minimum atomic E-state index is 0.0466. The Morgan fingerprint density at radius 3 is 2.50 bits per heavy atom. The van der Waals surface area contributed by atoms with E-state index in [9.17, 15) is 4.79 Å². The number of nitrogens with one attached hydrogen (secondary N) is 1. The summed E-state index contributed by atoms with van der Waals surface area (Å²) in [5.41, 5.74) is 6.60. The zero-order valence-electron chi connectivity index (χ0n) is 10.7. The van der Waals surface area contributed by atoms with Crippen LogP contribution in [0.2, 0.25) is 0 Å². The third kappa shape index (κ3) is 2.82. The first kappa shape index (κ1) is 12.9. The number of hydrogen-bond acceptors (Lipinski definition) is 3. The first-order chi connectivity index (χ1) is 8.67. The van der Waals surface area contributed by atoms with Gasteiger partial charge in [0, 0.05) is 12.1 Å². The molecule has 0 atom stereocenters. The van der Waals surface area contributed by atoms with E-state index in [0.29, 0.717) is 13.0 Å². The lowest BCUT2D eigenvalue weighted by atomic mass is 9.66. The van der Waals surface area contributed by atoms with Crippen LogP contribution in [0.15, 0.2) is 24.3 Å². The second kappa shape index (κ2) is 5.40. The van der Waals surface area contributed by atoms with Gasteiger partial charge in [0.1, 0.15) is 5.75 Å². The predicted molar refractivity (Wildman–Crippen MR) is 71.6 cm³/mol. The number of hydrogen-bond donors (Lipinski definition) is 2. The Kier molecular flexibility index (Phi) is 3.87. The molecule has 18 heavy (non-hydrogen) atoms. The molecule has 4 nitrogen and oxygen atoms in total. The Morgan fingerprint density at radius 2 is 2.06 bits per heavy atom. The van der Waals surface area contributed by atoms with Gasteiger partial charge in [0.25, 0.3) is 0 Å². The van der Waals surface area contributed by atoms with Crippen LogP contribution in [-0.2, 0) is 4.79 Å². The number of carbonyl (C=O) groups excluding carboxylic acids is 1. The summed E-state index contributed by atoms with van der Waals surface area (Å²) in [5, 5.41) is 2.90. The van der Waals surface area contributed by atoms with Crippen LogP contribution < -0.4 is 15.8 Å². The Bertz CT molecular complexity index is 405. The maximum absolute atomic E-state index is 11.9. The van der Waals surface area contributed by atoms with Gasteiger partial charge in [0.2, 0.25) is 5.91 Å². The number of nitrogens with two attached hydrogens (primary N) is 1. The zero-order chi connectivity index (χ0) is 13.0. The fourth-order valence-electron chi connectivity index (χ4n) is 2.35. The number of methoxy groups -OCH3 is 1. The summed E-state index contributed by atoms with van der Waals surface area (Å²) >= 11 is 0. The van der Waals surface area contributed by atoms with E-state index in [0.717, 1.165) is 24.3 Å². The number of rotatable bonds is 5. The molecule has 4 heteroatoms. The van der Waals surface area contributed by atoms with Crippen LogP contribution in [0.25, 0.3) is 0 Å². The number of carbonyl (C=O) groups is 1. The van der Waals surface area contributed by atoms with Gasteiger partial charge in [-0.2, -0.15) is 0 Å². The quantitative estimate of drug-likeness (QED) is 0.839. The van der Waals surface area contributed by atoms with Crippen LogP contribution in [0, 0.1) is 5.41 Å². The van der Waals surface area contributed by atoms with Crippen molar-refractivity contribution < 1.29 is 9.53 Å². The third-order valence-electron chi connectivity index (χ3n) is 3.76. The monoisotopic (exact) mass is 248 g/mol. The second-order valence-electron chi connectivity index (χ2n) is 5.01. The molecule has 0 heterocycles. The highest BCUT2D eigenvalue weighted by Gasteiger charge is 2.37. The van der Waals surface area contributed by atoms with Crippen molar-refractivity contribution in [1.29, 1.82) is 0 Å². The van der Waals surface area contributed by atoms with Crippen molar-refractivity contribution in [3.63, 3.8) is 0 Å². The largest absolute Gasteiger partial charge is 0.497 e. The van der Waals surface area contributed by atoms with E-state index in [1.165, 1.54) is 6.42 Å². The number of amides is 1. The van der Waals surface area contributed by atoms with Crippen molar-refractivity contribution in [2.45, 2.75) is 25.7 Å². The summed E-state index contributed by atoms with van der Waals surface area (Å²) in [4.78, 5) is 11.9. The maximum atomic E-state index is 11.9. The molecule has 0 saturated heterocycles. The van der Waals surface area contributed by atoms with Crippen LogP contribution in [0.1, 0.15) is 25.7 Å². The zero-order valence-corrected chi connectivity index (χ0v) is 10.7. The van der Waals surface area contributed by atoms with Gasteiger partial charge in [0.15, 0.2) is 0 Å². The van der Waals surface area contributed by atoms with Gasteiger partial charge in [0.05, 0.1) is 7.11 Å². The molecule has 3 N–H and O–H groups in total. The molecule has 0 unspecified atom stereocenters. The highest BCUT2D eigenvalue weighted by Crippen LogP contribution is 2.43. The molecule has 1 aromatic carbocycles. The molecule has 1 aliphatic rings. The fourth-order valence-corrected chi connectivity index (χ4v) is 2.35. The maximum Gasteiger partial charge on any atom is 0.224 e. The lowest BCUT2D eigenvalue weighted by Gasteiger charge is -2.40. The summed E-state index contributed by atoms with van der Waals surface area (Å²) in [6.07, 6.45) is 3.85. The van der Waals surface area contributed by atoms with Crippen LogP contribution in [0.3, 0.4) is 0 Å². The Morgan fingerprint density at radius 1 is 1.39 bits per heavy atom. The minimum absolute atomic E-state index is 0.0466. The first-order valence-electron chi connectivity index (χ1n) is 6.31. The summed E-state index contributed by atoms with van der Waals surface area (Å²) in [6, 6.07) is 7.34. The third-order valence-corrected chi connectivity index (χ3v) is 3.76. The van der Waals surface area contributed by atoms with Crippen molar-refractivity contribution >= 4 is 11.6 Å². The molecule has 0 radical (unpaired) electrons. The predicted octanol–water partition coefficient (Wildman–Crippen LogP) is 2.15. The van der Waals surface area contributed by atoms with Crippen LogP contribution >= 0.6 is 0 Å². The molecule has 2 rings (SSSR count). The van der Waals surface area contributed by atoms with E-state index in [1.807, 2.05) is 24.3 Å². The van der Waals surface area contributed by atoms with E-state index in [4.69, 9.17) is 10.5 Å². The van der Waals surface area contributed by atoms with E-state index < -0.39 is 0 Å². The SMILES string of the molecule is COc1ccc(NC(=O)CC2(CN)CCC2)cc1. The van der Waals surface area contributed by atoms with Crippen LogP contribution in [0.4, 0.5) is 5.69 Å². The highest BCUT2D eigenvalue weighted by molar-refractivity contribution is 5.91. The smallest absolute Gasteiger partial charge is 0.224 e. The standard InChI is InChI=1S/C14H20N2O2/c1-18-12-5-3-11(4-6-12)16-13(17)9-14(10-15)7-2-8-14/h3-6H,2,7-10,15H2,1H3,(H,16,17). The Hall–Kier alpha value is -1.55. The minimum Gasteiger partial charge on any atom is -0.497 e. The molecule has 1 fully saturated rings. The number of ether oxygens (including phenoxy) is 1. The van der Waals surface area contributed by atoms with Gasteiger partial charge >= 0.3 is 0 Å². The molecule has 1 saturated carbocycles. The van der Waals surface area contributed by atoms with Crippen LogP contribution in [0.5, 0.6) is 5.75 Å². The van der Waals surface area contributed by atoms with Gasteiger partial charge in [-0.15, -0.1) is 0 Å². The molecule has 0 spiro atoms. The molecule has 0 aromatic heterocycles. The molecule has 1 amide bonds. The Balaban J connectivity index is 1.90. The second-order valence-corrected chi connectivity index (χ2v) is 5.01. The first-order valence-corrected chi connectivity index (χ1v) is 6.31. The van der Waals surface area contributed by atoms with Crippen molar-refractivity contribution in [3.05, 3.63) is 24.3 Å². The lowest BCUT2D eigenvalue weighted by Crippen LogP contribution is -2.40. The van der Waals surface area contributed by atoms with Crippen molar-refractivity contribution in [2.24, 2.45) is 11.1 Å². The normalized spacial score (nSPS) is 16.8. The fraction of sp³-hybridized carbons (Fsp3) is 0.500. The average Bonchev–Trinajstić information content (AvgIpc) is 2.35.